The zero-order valence-corrected chi connectivity index (χ0v) is 11.5. The largest absolute Gasteiger partial charge is 0.306 e. The van der Waals surface area contributed by atoms with Crippen molar-refractivity contribution in [1.82, 2.24) is 4.90 Å². The second kappa shape index (κ2) is 3.80. The van der Waals surface area contributed by atoms with Gasteiger partial charge in [-0.2, -0.15) is 0 Å². The van der Waals surface area contributed by atoms with Crippen LogP contribution < -0.4 is 0 Å². The molecule has 2 aliphatic heterocycles. The van der Waals surface area contributed by atoms with Crippen molar-refractivity contribution in [3.8, 4) is 0 Å². The lowest BCUT2D eigenvalue weighted by molar-refractivity contribution is -0.131. The predicted molar refractivity (Wildman–Crippen MR) is 75.8 cm³/mol. The van der Waals surface area contributed by atoms with Crippen molar-refractivity contribution >= 4 is 17.7 Å². The molecule has 19 heavy (non-hydrogen) atoms. The number of nitrogens with one attached hydrogen (secondary N) is 1. The minimum atomic E-state index is -0.564. The van der Waals surface area contributed by atoms with E-state index in [1.807, 2.05) is 37.0 Å². The second-order valence-corrected chi connectivity index (χ2v) is 5.40. The Labute approximate surface area is 113 Å². The average Bonchev–Trinajstić information content (AvgIpc) is 2.62. The first-order valence-electron chi connectivity index (χ1n) is 6.75. The van der Waals surface area contributed by atoms with Crippen molar-refractivity contribution in [3.63, 3.8) is 0 Å². The van der Waals surface area contributed by atoms with Crippen LogP contribution in [0.25, 0.3) is 6.08 Å². The molecule has 1 N–H and O–H groups in total. The number of carbonyl (C=O) groups is 1. The van der Waals surface area contributed by atoms with Gasteiger partial charge in [0.25, 0.3) is 0 Å². The molecule has 0 radical (unpaired) electrons. The van der Waals surface area contributed by atoms with Crippen LogP contribution in [0.2, 0.25) is 0 Å². The van der Waals surface area contributed by atoms with Crippen LogP contribution in [0.3, 0.4) is 0 Å². The highest BCUT2D eigenvalue weighted by Gasteiger charge is 2.56. The van der Waals surface area contributed by atoms with Gasteiger partial charge >= 0.3 is 0 Å². The maximum Gasteiger partial charge on any atom is 0.236 e. The Morgan fingerprint density at radius 3 is 2.74 bits per heavy atom. The molecule has 3 nitrogen and oxygen atoms in total. The van der Waals surface area contributed by atoms with Crippen LogP contribution in [0.15, 0.2) is 30.0 Å². The molecule has 1 amide bonds. The van der Waals surface area contributed by atoms with E-state index in [1.165, 1.54) is 0 Å². The number of hydrogen-bond donors (Lipinski definition) is 1. The summed E-state index contributed by atoms with van der Waals surface area (Å²) >= 11 is 0. The number of benzene rings is 1. The van der Waals surface area contributed by atoms with E-state index in [4.69, 9.17) is 5.41 Å². The Balaban J connectivity index is 2.36. The zero-order chi connectivity index (χ0) is 13.8. The molecule has 1 aromatic carbocycles. The molecule has 2 atom stereocenters. The topological polar surface area (TPSA) is 44.2 Å². The van der Waals surface area contributed by atoms with Crippen molar-refractivity contribution in [3.05, 3.63) is 41.1 Å². The fraction of sp³-hybridized carbons (Fsp3) is 0.375. The highest BCUT2D eigenvalue weighted by atomic mass is 16.2. The molecule has 2 aliphatic rings. The third-order valence-electron chi connectivity index (χ3n) is 4.49. The molecule has 2 heterocycles. The highest BCUT2D eigenvalue weighted by molar-refractivity contribution is 6.16. The summed E-state index contributed by atoms with van der Waals surface area (Å²) in [5.74, 6) is -0.274. The second-order valence-electron chi connectivity index (χ2n) is 5.40. The van der Waals surface area contributed by atoms with E-state index in [1.54, 1.807) is 0 Å². The number of nitrogens with zero attached hydrogens (tertiary/aromatic N) is 1. The van der Waals surface area contributed by atoms with Crippen molar-refractivity contribution in [2.45, 2.75) is 32.7 Å². The van der Waals surface area contributed by atoms with E-state index in [0.717, 1.165) is 23.2 Å². The van der Waals surface area contributed by atoms with Gasteiger partial charge in [-0.3, -0.25) is 4.79 Å². The number of fused-ring (bicyclic) bond motifs is 3. The summed E-state index contributed by atoms with van der Waals surface area (Å²) in [6.07, 6.45) is 2.79. The van der Waals surface area contributed by atoms with Gasteiger partial charge in [-0.25, -0.2) is 0 Å². The average molecular weight is 254 g/mol. The number of amides is 1. The maximum absolute atomic E-state index is 12.5. The van der Waals surface area contributed by atoms with Gasteiger partial charge in [-0.15, -0.1) is 0 Å². The minimum Gasteiger partial charge on any atom is -0.306 e. The minimum absolute atomic E-state index is 0.0510. The number of allylic oxidation sites excluding steroid dienone is 1. The summed E-state index contributed by atoms with van der Waals surface area (Å²) < 4.78 is 0. The SMILES string of the molecule is CCC12C(=N)C(C)C(=O)N1C(C)=Cc1ccccc12. The summed E-state index contributed by atoms with van der Waals surface area (Å²) in [4.78, 5) is 14.3. The van der Waals surface area contributed by atoms with Gasteiger partial charge in [0.1, 0.15) is 5.54 Å². The molecular formula is C16H18N2O. The van der Waals surface area contributed by atoms with Crippen LogP contribution in [-0.2, 0) is 10.3 Å². The number of carbonyl (C=O) groups excluding carboxylic acids is 1. The molecule has 3 rings (SSSR count). The summed E-state index contributed by atoms with van der Waals surface area (Å²) in [6.45, 7) is 5.86. The van der Waals surface area contributed by atoms with E-state index in [9.17, 15) is 4.79 Å². The van der Waals surface area contributed by atoms with Gasteiger partial charge in [0.05, 0.1) is 11.6 Å². The van der Waals surface area contributed by atoms with Gasteiger partial charge in [-0.05, 0) is 37.5 Å². The van der Waals surface area contributed by atoms with E-state index >= 15 is 0 Å². The van der Waals surface area contributed by atoms with Crippen LogP contribution in [0, 0.1) is 11.3 Å². The summed E-state index contributed by atoms with van der Waals surface area (Å²) in [5, 5.41) is 8.49. The van der Waals surface area contributed by atoms with Gasteiger partial charge < -0.3 is 10.3 Å². The zero-order valence-electron chi connectivity index (χ0n) is 11.5. The van der Waals surface area contributed by atoms with Gasteiger partial charge in [-0.1, -0.05) is 31.2 Å². The Morgan fingerprint density at radius 2 is 2.05 bits per heavy atom. The first kappa shape index (κ1) is 12.2. The lowest BCUT2D eigenvalue weighted by Gasteiger charge is -2.42. The summed E-state index contributed by atoms with van der Waals surface area (Å²) in [5.41, 5.74) is 3.13. The van der Waals surface area contributed by atoms with Crippen molar-refractivity contribution in [2.24, 2.45) is 5.92 Å². The Kier molecular flexibility index (Phi) is 2.43. The number of rotatable bonds is 1. The predicted octanol–water partition coefficient (Wildman–Crippen LogP) is 3.16. The normalized spacial score (nSPS) is 29.1. The Hall–Kier alpha value is -1.90. The standard InChI is InChI=1S/C16H18N2O/c1-4-16-13-8-6-5-7-12(13)9-10(2)18(16)15(19)11(3)14(16)17/h5-9,11,17H,4H2,1-3H3. The molecule has 1 fully saturated rings. The molecule has 3 heteroatoms. The smallest absolute Gasteiger partial charge is 0.236 e. The highest BCUT2D eigenvalue weighted by Crippen LogP contribution is 2.48. The van der Waals surface area contributed by atoms with Crippen LogP contribution in [0.5, 0.6) is 0 Å². The van der Waals surface area contributed by atoms with E-state index in [-0.39, 0.29) is 11.8 Å². The number of hydrogen-bond acceptors (Lipinski definition) is 2. The van der Waals surface area contributed by atoms with Crippen LogP contribution in [0.4, 0.5) is 0 Å². The lowest BCUT2D eigenvalue weighted by atomic mass is 9.77. The third kappa shape index (κ3) is 1.28. The first-order chi connectivity index (χ1) is 9.04. The van der Waals surface area contributed by atoms with E-state index in [0.29, 0.717) is 5.71 Å². The summed E-state index contributed by atoms with van der Waals surface area (Å²) in [6, 6.07) is 8.11. The molecular weight excluding hydrogens is 236 g/mol. The molecule has 0 saturated carbocycles. The molecule has 0 spiro atoms. The van der Waals surface area contributed by atoms with Crippen molar-refractivity contribution in [2.75, 3.05) is 0 Å². The van der Waals surface area contributed by atoms with Crippen LogP contribution in [-0.4, -0.2) is 16.5 Å². The lowest BCUT2D eigenvalue weighted by Crippen LogP contribution is -2.47. The van der Waals surface area contributed by atoms with Crippen LogP contribution in [0.1, 0.15) is 38.3 Å². The molecule has 98 valence electrons. The van der Waals surface area contributed by atoms with Crippen LogP contribution >= 0.6 is 0 Å². The quantitative estimate of drug-likeness (QED) is 0.822. The molecule has 0 bridgehead atoms. The molecule has 2 unspecified atom stereocenters. The molecule has 1 saturated heterocycles. The van der Waals surface area contributed by atoms with Crippen molar-refractivity contribution in [1.29, 1.82) is 5.41 Å². The fourth-order valence-electron chi connectivity index (χ4n) is 3.55. The van der Waals surface area contributed by atoms with Gasteiger partial charge in [0, 0.05) is 5.70 Å². The summed E-state index contributed by atoms with van der Waals surface area (Å²) in [7, 11) is 0. The Bertz CT molecular complexity index is 617. The molecule has 0 aromatic heterocycles. The molecule has 1 aromatic rings. The fourth-order valence-corrected chi connectivity index (χ4v) is 3.55. The molecule has 0 aliphatic carbocycles. The first-order valence-corrected chi connectivity index (χ1v) is 6.75. The Morgan fingerprint density at radius 1 is 1.37 bits per heavy atom. The van der Waals surface area contributed by atoms with Crippen molar-refractivity contribution < 1.29 is 4.79 Å². The van der Waals surface area contributed by atoms with Gasteiger partial charge in [0.2, 0.25) is 5.91 Å². The monoisotopic (exact) mass is 254 g/mol. The van der Waals surface area contributed by atoms with E-state index in [2.05, 4.69) is 19.1 Å². The van der Waals surface area contributed by atoms with Gasteiger partial charge in [0.15, 0.2) is 0 Å². The third-order valence-corrected chi connectivity index (χ3v) is 4.49. The maximum atomic E-state index is 12.5. The van der Waals surface area contributed by atoms with E-state index < -0.39 is 5.54 Å².